The van der Waals surface area contributed by atoms with Gasteiger partial charge in [-0.15, -0.1) is 0 Å². The smallest absolute Gasteiger partial charge is 0.208 e. The first-order chi connectivity index (χ1) is 16.1. The van der Waals surface area contributed by atoms with E-state index in [9.17, 15) is 8.42 Å². The van der Waals surface area contributed by atoms with Gasteiger partial charge in [-0.25, -0.2) is 8.42 Å². The zero-order valence-corrected chi connectivity index (χ0v) is 19.2. The predicted octanol–water partition coefficient (Wildman–Crippen LogP) is 6.69. The van der Waals surface area contributed by atoms with Crippen LogP contribution in [0.25, 0.3) is 21.9 Å². The van der Waals surface area contributed by atoms with Crippen LogP contribution in [0.15, 0.2) is 124 Å². The molecule has 0 atom stereocenters. The third-order valence-electron chi connectivity index (χ3n) is 5.19. The lowest BCUT2D eigenvalue weighted by molar-refractivity contribution is 0.606. The highest BCUT2D eigenvalue weighted by atomic mass is 32.2. The molecule has 0 saturated carbocycles. The van der Waals surface area contributed by atoms with Crippen LogP contribution in [0.2, 0.25) is 0 Å². The van der Waals surface area contributed by atoms with Crippen molar-refractivity contribution < 1.29 is 8.42 Å². The summed E-state index contributed by atoms with van der Waals surface area (Å²) in [6.07, 6.45) is 5.02. The molecule has 5 aromatic rings. The molecule has 6 heteroatoms. The van der Waals surface area contributed by atoms with Crippen LogP contribution in [0.4, 0.5) is 0 Å². The average Bonchev–Trinajstić information content (AvgIpc) is 3.22. The molecule has 0 aliphatic rings. The first kappa shape index (κ1) is 21.2. The highest BCUT2D eigenvalue weighted by Crippen LogP contribution is 2.42. The van der Waals surface area contributed by atoms with Crippen molar-refractivity contribution in [2.24, 2.45) is 0 Å². The van der Waals surface area contributed by atoms with Crippen molar-refractivity contribution in [3.8, 4) is 0 Å². The summed E-state index contributed by atoms with van der Waals surface area (Å²) < 4.78 is 27.8. The van der Waals surface area contributed by atoms with Crippen LogP contribution in [0.3, 0.4) is 0 Å². The van der Waals surface area contributed by atoms with Gasteiger partial charge in [-0.1, -0.05) is 72.4 Å². The molecular weight excluding hydrogens is 448 g/mol. The number of hydrogen-bond donors (Lipinski definition) is 1. The normalized spacial score (nSPS) is 12.2. The molecule has 0 fully saturated rings. The van der Waals surface area contributed by atoms with Crippen LogP contribution in [-0.4, -0.2) is 18.4 Å². The van der Waals surface area contributed by atoms with Crippen molar-refractivity contribution in [1.82, 2.24) is 9.97 Å². The van der Waals surface area contributed by atoms with Gasteiger partial charge < -0.3 is 4.98 Å². The largest absolute Gasteiger partial charge is 0.353 e. The highest BCUT2D eigenvalue weighted by Gasteiger charge is 2.27. The number of pyridine rings is 1. The molecule has 0 aliphatic carbocycles. The lowest BCUT2D eigenvalue weighted by atomic mass is 10.2. The zero-order valence-electron chi connectivity index (χ0n) is 17.5. The van der Waals surface area contributed by atoms with E-state index in [2.05, 4.69) is 9.97 Å². The van der Waals surface area contributed by atoms with Crippen LogP contribution in [0, 0.1) is 0 Å². The Kier molecular flexibility index (Phi) is 5.86. The Bertz CT molecular complexity index is 1530. The van der Waals surface area contributed by atoms with E-state index < -0.39 is 9.84 Å². The van der Waals surface area contributed by atoms with E-state index in [0.29, 0.717) is 11.3 Å². The fourth-order valence-corrected chi connectivity index (χ4v) is 6.25. The fraction of sp³-hybridized carbons (Fsp3) is 0. The molecule has 0 spiro atoms. The molecule has 2 heterocycles. The molecule has 0 unspecified atom stereocenters. The number of aromatic amines is 1. The second-order valence-electron chi connectivity index (χ2n) is 7.40. The van der Waals surface area contributed by atoms with Crippen LogP contribution in [0.1, 0.15) is 11.3 Å². The third kappa shape index (κ3) is 4.35. The number of nitrogens with one attached hydrogen (secondary N) is 1. The number of nitrogens with zero attached hydrogens (tertiary/aromatic N) is 1. The molecule has 2 aromatic heterocycles. The maximum absolute atomic E-state index is 13.9. The van der Waals surface area contributed by atoms with Gasteiger partial charge in [0.05, 0.1) is 15.5 Å². The minimum Gasteiger partial charge on any atom is -0.353 e. The van der Waals surface area contributed by atoms with Crippen molar-refractivity contribution in [3.05, 3.63) is 121 Å². The van der Waals surface area contributed by atoms with Crippen molar-refractivity contribution in [2.75, 3.05) is 0 Å². The second kappa shape index (κ2) is 9.10. The number of benzene rings is 3. The molecule has 0 bridgehead atoms. The van der Waals surface area contributed by atoms with Gasteiger partial charge in [-0.2, -0.15) is 0 Å². The summed E-state index contributed by atoms with van der Waals surface area (Å²) in [5, 5.41) is 0.974. The number of aromatic nitrogens is 2. The summed E-state index contributed by atoms with van der Waals surface area (Å²) in [7, 11) is -3.83. The van der Waals surface area contributed by atoms with E-state index in [1.807, 2.05) is 66.7 Å². The van der Waals surface area contributed by atoms with E-state index in [-0.39, 0.29) is 9.80 Å². The Morgan fingerprint density at radius 3 is 2.24 bits per heavy atom. The van der Waals surface area contributed by atoms with E-state index in [1.165, 1.54) is 0 Å². The Morgan fingerprint density at radius 2 is 1.52 bits per heavy atom. The number of sulfone groups is 1. The quantitative estimate of drug-likeness (QED) is 0.302. The summed E-state index contributed by atoms with van der Waals surface area (Å²) in [4.78, 5) is 9.90. The Morgan fingerprint density at radius 1 is 0.818 bits per heavy atom. The van der Waals surface area contributed by atoms with Gasteiger partial charge in [0.1, 0.15) is 0 Å². The molecule has 4 nitrogen and oxygen atoms in total. The topological polar surface area (TPSA) is 62.8 Å². The number of hydrogen-bond acceptors (Lipinski definition) is 4. The number of rotatable bonds is 6. The second-order valence-corrected chi connectivity index (χ2v) is 10.4. The molecule has 162 valence electrons. The maximum Gasteiger partial charge on any atom is 0.208 e. The number of H-pyrrole nitrogens is 1. The molecule has 0 amide bonds. The van der Waals surface area contributed by atoms with E-state index in [4.69, 9.17) is 0 Å². The Balaban J connectivity index is 1.78. The fourth-order valence-electron chi connectivity index (χ4n) is 3.63. The molecular formula is C27H20N2O2S2. The van der Waals surface area contributed by atoms with Crippen molar-refractivity contribution in [1.29, 1.82) is 0 Å². The van der Waals surface area contributed by atoms with Crippen molar-refractivity contribution in [3.63, 3.8) is 0 Å². The minimum atomic E-state index is -3.83. The summed E-state index contributed by atoms with van der Waals surface area (Å²) in [5.41, 5.74) is 2.16. The lowest BCUT2D eigenvalue weighted by Gasteiger charge is -2.11. The van der Waals surface area contributed by atoms with Gasteiger partial charge in [-0.3, -0.25) is 4.98 Å². The van der Waals surface area contributed by atoms with Crippen molar-refractivity contribution in [2.45, 2.75) is 14.7 Å². The highest BCUT2D eigenvalue weighted by molar-refractivity contribution is 8.01. The zero-order chi connectivity index (χ0) is 22.7. The summed E-state index contributed by atoms with van der Waals surface area (Å²) in [6, 6.07) is 30.0. The number of para-hydroxylation sites is 1. The van der Waals surface area contributed by atoms with Gasteiger partial charge in [-0.05, 0) is 48.0 Å². The monoisotopic (exact) mass is 468 g/mol. The van der Waals surface area contributed by atoms with Gasteiger partial charge in [0.15, 0.2) is 0 Å². The summed E-state index contributed by atoms with van der Waals surface area (Å²) >= 11 is 1.55. The Hall–Kier alpha value is -3.61. The van der Waals surface area contributed by atoms with Gasteiger partial charge >= 0.3 is 0 Å². The van der Waals surface area contributed by atoms with Gasteiger partial charge in [0.25, 0.3) is 0 Å². The maximum atomic E-state index is 13.9. The summed E-state index contributed by atoms with van der Waals surface area (Å²) in [5.74, 6) is 0. The Labute approximate surface area is 197 Å². The first-order valence-electron chi connectivity index (χ1n) is 10.4. The summed E-state index contributed by atoms with van der Waals surface area (Å²) in [6.45, 7) is 0. The predicted molar refractivity (Wildman–Crippen MR) is 135 cm³/mol. The van der Waals surface area contributed by atoms with Crippen LogP contribution < -0.4 is 0 Å². The molecule has 1 N–H and O–H groups in total. The van der Waals surface area contributed by atoms with Crippen LogP contribution in [0.5, 0.6) is 0 Å². The third-order valence-corrected chi connectivity index (χ3v) is 8.12. The van der Waals surface area contributed by atoms with E-state index in [0.717, 1.165) is 20.7 Å². The molecule has 5 rings (SSSR count). The molecule has 0 saturated heterocycles. The SMILES string of the molecule is O=S(=O)(C(=Cc1cccnc1)c1[nH]c2ccccc2c1Sc1ccccc1)c1ccccc1. The molecule has 33 heavy (non-hydrogen) atoms. The molecule has 3 aromatic carbocycles. The van der Waals surface area contributed by atoms with Crippen molar-refractivity contribution >= 4 is 43.5 Å². The van der Waals surface area contributed by atoms with Gasteiger partial charge in [0.2, 0.25) is 9.84 Å². The number of fused-ring (bicyclic) bond motifs is 1. The minimum absolute atomic E-state index is 0.205. The van der Waals surface area contributed by atoms with Crippen LogP contribution in [-0.2, 0) is 9.84 Å². The average molecular weight is 469 g/mol. The van der Waals surface area contributed by atoms with E-state index in [1.54, 1.807) is 60.6 Å². The lowest BCUT2D eigenvalue weighted by Crippen LogP contribution is -2.05. The molecule has 0 aliphatic heterocycles. The first-order valence-corrected chi connectivity index (χ1v) is 12.7. The van der Waals surface area contributed by atoms with E-state index >= 15 is 0 Å². The molecule has 0 radical (unpaired) electrons. The van der Waals surface area contributed by atoms with Gasteiger partial charge in [0, 0.05) is 33.1 Å². The standard InChI is InChI=1S/C27H20N2O2S2/c30-33(31,22-13-5-2-6-14-22)25(18-20-10-9-17-28-19-20)26-27(32-21-11-3-1-4-12-21)23-15-7-8-16-24(23)29-26/h1-19,29H. The van der Waals surface area contributed by atoms with Crippen LogP contribution >= 0.6 is 11.8 Å².